The Labute approximate surface area is 165 Å². The maximum Gasteiger partial charge on any atom is 0.287 e. The molecular weight excluding hydrogens is 344 g/mol. The average molecular weight is 369 g/mol. The third kappa shape index (κ3) is 2.57. The first-order valence-electron chi connectivity index (χ1n) is 9.84. The molecule has 3 heteroatoms. The molecule has 0 spiro atoms. The largest absolute Gasteiger partial charge is 0.456 e. The van der Waals surface area contributed by atoms with E-state index in [-0.39, 0.29) is 5.41 Å². The third-order valence-electron chi connectivity index (χ3n) is 5.56. The zero-order valence-corrected chi connectivity index (χ0v) is 17.1. The molecule has 0 atom stereocenters. The van der Waals surface area contributed by atoms with Crippen LogP contribution in [0.2, 0.25) is 0 Å². The van der Waals surface area contributed by atoms with Crippen LogP contribution in [-0.2, 0) is 13.5 Å². The summed E-state index contributed by atoms with van der Waals surface area (Å²) in [6, 6.07) is 15.1. The molecular formula is C25H25N2O+. The van der Waals surface area contributed by atoms with Gasteiger partial charge in [0.05, 0.1) is 12.6 Å². The van der Waals surface area contributed by atoms with Gasteiger partial charge in [0.15, 0.2) is 11.2 Å². The highest BCUT2D eigenvalue weighted by Crippen LogP contribution is 2.48. The Kier molecular flexibility index (Phi) is 3.54. The molecule has 28 heavy (non-hydrogen) atoms. The Bertz CT molecular complexity index is 1270. The summed E-state index contributed by atoms with van der Waals surface area (Å²) >= 11 is 0. The molecule has 0 N–H and O–H groups in total. The van der Waals surface area contributed by atoms with Gasteiger partial charge in [-0.2, -0.15) is 0 Å². The van der Waals surface area contributed by atoms with Crippen molar-refractivity contribution in [1.82, 2.24) is 4.98 Å². The number of hydrogen-bond acceptors (Lipinski definition) is 2. The zero-order chi connectivity index (χ0) is 19.6. The number of nitrogens with zero attached hydrogens (tertiary/aromatic N) is 2. The molecule has 0 saturated carbocycles. The van der Waals surface area contributed by atoms with Gasteiger partial charge in [-0.05, 0) is 63.8 Å². The van der Waals surface area contributed by atoms with Crippen molar-refractivity contribution in [1.29, 1.82) is 0 Å². The van der Waals surface area contributed by atoms with E-state index in [1.165, 1.54) is 33.2 Å². The minimum atomic E-state index is 0.210. The second-order valence-electron chi connectivity index (χ2n) is 9.13. The fourth-order valence-electron chi connectivity index (χ4n) is 4.47. The second kappa shape index (κ2) is 5.78. The van der Waals surface area contributed by atoms with Crippen LogP contribution in [0.3, 0.4) is 0 Å². The second-order valence-corrected chi connectivity index (χ2v) is 9.13. The molecule has 3 aromatic carbocycles. The molecule has 4 aromatic rings. The third-order valence-corrected chi connectivity index (χ3v) is 5.56. The quantitative estimate of drug-likeness (QED) is 0.345. The molecule has 0 unspecified atom stereocenters. The predicted molar refractivity (Wildman–Crippen MR) is 114 cm³/mol. The van der Waals surface area contributed by atoms with Gasteiger partial charge in [0.2, 0.25) is 0 Å². The molecule has 2 heterocycles. The van der Waals surface area contributed by atoms with Gasteiger partial charge >= 0.3 is 0 Å². The van der Waals surface area contributed by atoms with Crippen LogP contribution in [0.15, 0.2) is 48.8 Å². The molecule has 1 aliphatic heterocycles. The van der Waals surface area contributed by atoms with Crippen molar-refractivity contribution >= 4 is 21.7 Å². The van der Waals surface area contributed by atoms with E-state index in [2.05, 4.69) is 81.8 Å². The maximum absolute atomic E-state index is 6.50. The van der Waals surface area contributed by atoms with Crippen LogP contribution in [0.25, 0.3) is 32.9 Å². The van der Waals surface area contributed by atoms with Gasteiger partial charge in [0.1, 0.15) is 16.9 Å². The van der Waals surface area contributed by atoms with E-state index < -0.39 is 0 Å². The number of aromatic nitrogens is 2. The van der Waals surface area contributed by atoms with Crippen LogP contribution in [0.5, 0.6) is 11.5 Å². The lowest BCUT2D eigenvalue weighted by Gasteiger charge is -2.24. The summed E-state index contributed by atoms with van der Waals surface area (Å²) in [6.45, 7) is 8.98. The van der Waals surface area contributed by atoms with E-state index in [1.807, 2.05) is 6.33 Å². The summed E-state index contributed by atoms with van der Waals surface area (Å²) in [7, 11) is 2.07. The molecule has 1 aromatic heterocycles. The van der Waals surface area contributed by atoms with Gasteiger partial charge in [0, 0.05) is 0 Å². The molecule has 0 fully saturated rings. The van der Waals surface area contributed by atoms with Crippen molar-refractivity contribution in [3.8, 4) is 22.8 Å². The maximum atomic E-state index is 6.50. The first-order chi connectivity index (χ1) is 13.3. The Morgan fingerprint density at radius 1 is 1.04 bits per heavy atom. The van der Waals surface area contributed by atoms with Crippen molar-refractivity contribution in [2.75, 3.05) is 0 Å². The zero-order valence-electron chi connectivity index (χ0n) is 17.1. The molecule has 5 rings (SSSR count). The summed E-state index contributed by atoms with van der Waals surface area (Å²) in [6.07, 6.45) is 2.91. The SMILES string of the molecule is Cc1c2c(cc3ccccc13)Oc1cc(CC(C)(C)C)cc3nc[n+](C)c-2c13. The van der Waals surface area contributed by atoms with Crippen LogP contribution in [-0.4, -0.2) is 4.98 Å². The minimum absolute atomic E-state index is 0.210. The van der Waals surface area contributed by atoms with Crippen molar-refractivity contribution in [2.24, 2.45) is 12.5 Å². The van der Waals surface area contributed by atoms with Gasteiger partial charge in [0.25, 0.3) is 6.33 Å². The molecule has 0 bridgehead atoms. The van der Waals surface area contributed by atoms with Crippen LogP contribution in [0.4, 0.5) is 0 Å². The molecule has 1 aliphatic rings. The average Bonchev–Trinajstić information content (AvgIpc) is 2.62. The highest BCUT2D eigenvalue weighted by molar-refractivity contribution is 6.04. The smallest absolute Gasteiger partial charge is 0.287 e. The molecule has 0 radical (unpaired) electrons. The fourth-order valence-corrected chi connectivity index (χ4v) is 4.47. The monoisotopic (exact) mass is 369 g/mol. The van der Waals surface area contributed by atoms with Gasteiger partial charge in [-0.1, -0.05) is 45.0 Å². The number of aryl methyl sites for hydroxylation is 2. The first kappa shape index (κ1) is 17.2. The standard InChI is InChI=1S/C25H25N2O/c1-15-18-9-7-6-8-17(18)12-21-22(15)24-23-19(26-14-27(24)5)10-16(11-20(23)28-21)13-25(2,3)4/h6-12,14H,13H2,1-5H3/q+1. The van der Waals surface area contributed by atoms with Crippen LogP contribution < -0.4 is 9.30 Å². The molecule has 140 valence electrons. The number of fused-ring (bicyclic) bond motifs is 3. The van der Waals surface area contributed by atoms with E-state index in [9.17, 15) is 0 Å². The predicted octanol–water partition coefficient (Wildman–Crippen LogP) is 5.88. The summed E-state index contributed by atoms with van der Waals surface area (Å²) in [5.41, 5.74) is 6.09. The van der Waals surface area contributed by atoms with E-state index in [0.717, 1.165) is 28.8 Å². The Hall–Kier alpha value is -2.94. The van der Waals surface area contributed by atoms with Gasteiger partial charge < -0.3 is 4.74 Å². The van der Waals surface area contributed by atoms with E-state index in [0.29, 0.717) is 0 Å². The number of benzene rings is 3. The van der Waals surface area contributed by atoms with Crippen LogP contribution in [0, 0.1) is 12.3 Å². The Morgan fingerprint density at radius 3 is 2.61 bits per heavy atom. The van der Waals surface area contributed by atoms with Gasteiger partial charge in [-0.25, -0.2) is 4.57 Å². The number of ether oxygens (including phenoxy) is 1. The highest BCUT2D eigenvalue weighted by Gasteiger charge is 2.30. The summed E-state index contributed by atoms with van der Waals surface area (Å²) in [5, 5.41) is 3.58. The fraction of sp³-hybridized carbons (Fsp3) is 0.280. The highest BCUT2D eigenvalue weighted by atomic mass is 16.5. The van der Waals surface area contributed by atoms with E-state index in [1.54, 1.807) is 0 Å². The van der Waals surface area contributed by atoms with Crippen molar-refractivity contribution < 1.29 is 9.30 Å². The van der Waals surface area contributed by atoms with Crippen molar-refractivity contribution in [2.45, 2.75) is 34.1 Å². The Morgan fingerprint density at radius 2 is 1.82 bits per heavy atom. The van der Waals surface area contributed by atoms with Crippen molar-refractivity contribution in [3.63, 3.8) is 0 Å². The molecule has 0 aliphatic carbocycles. The normalized spacial score (nSPS) is 12.9. The molecule has 0 amide bonds. The van der Waals surface area contributed by atoms with Gasteiger partial charge in [-0.15, -0.1) is 0 Å². The lowest BCUT2D eigenvalue weighted by molar-refractivity contribution is -0.662. The van der Waals surface area contributed by atoms with Crippen molar-refractivity contribution in [3.05, 3.63) is 59.9 Å². The number of rotatable bonds is 1. The van der Waals surface area contributed by atoms with Crippen LogP contribution >= 0.6 is 0 Å². The summed E-state index contributed by atoms with van der Waals surface area (Å²) in [5.74, 6) is 1.84. The molecule has 0 saturated heterocycles. The van der Waals surface area contributed by atoms with Crippen LogP contribution in [0.1, 0.15) is 31.9 Å². The number of hydrogen-bond donors (Lipinski definition) is 0. The lowest BCUT2D eigenvalue weighted by Crippen LogP contribution is -2.33. The Balaban J connectivity index is 1.85. The first-order valence-corrected chi connectivity index (χ1v) is 9.84. The van der Waals surface area contributed by atoms with E-state index >= 15 is 0 Å². The van der Waals surface area contributed by atoms with Gasteiger partial charge in [-0.3, -0.25) is 0 Å². The lowest BCUT2D eigenvalue weighted by atomic mass is 9.87. The minimum Gasteiger partial charge on any atom is -0.456 e. The topological polar surface area (TPSA) is 26.0 Å². The summed E-state index contributed by atoms with van der Waals surface area (Å²) < 4.78 is 8.62. The summed E-state index contributed by atoms with van der Waals surface area (Å²) in [4.78, 5) is 4.72. The molecule has 3 nitrogen and oxygen atoms in total. The van der Waals surface area contributed by atoms with E-state index in [4.69, 9.17) is 9.72 Å².